The third kappa shape index (κ3) is 5.59. The van der Waals surface area contributed by atoms with E-state index in [1.165, 1.54) is 21.1 Å². The highest BCUT2D eigenvalue weighted by Crippen LogP contribution is 2.33. The number of methoxy groups -OCH3 is 1. The zero-order valence-electron chi connectivity index (χ0n) is 24.0. The lowest BCUT2D eigenvalue weighted by Gasteiger charge is -2.27. The van der Waals surface area contributed by atoms with Crippen LogP contribution in [0.4, 0.5) is 0 Å². The fourth-order valence-corrected chi connectivity index (χ4v) is 6.49. The highest BCUT2D eigenvalue weighted by Gasteiger charge is 2.32. The highest BCUT2D eigenvalue weighted by atomic mass is 32.2. The number of aromatic amines is 1. The van der Waals surface area contributed by atoms with Gasteiger partial charge in [0.15, 0.2) is 11.3 Å². The molecule has 0 radical (unpaired) electrons. The van der Waals surface area contributed by atoms with Crippen molar-refractivity contribution in [2.24, 2.45) is 7.05 Å². The van der Waals surface area contributed by atoms with Crippen LogP contribution in [0.1, 0.15) is 37.9 Å². The molecule has 1 fully saturated rings. The third-order valence-electron chi connectivity index (χ3n) is 7.14. The van der Waals surface area contributed by atoms with Gasteiger partial charge in [-0.2, -0.15) is 9.40 Å². The van der Waals surface area contributed by atoms with E-state index >= 15 is 0 Å². The van der Waals surface area contributed by atoms with Gasteiger partial charge in [-0.15, -0.1) is 0 Å². The molecule has 0 amide bonds. The maximum Gasteiger partial charge on any atom is 0.277 e. The number of hydrogen-bond acceptors (Lipinski definition) is 8. The second-order valence-electron chi connectivity index (χ2n) is 9.98. The summed E-state index contributed by atoms with van der Waals surface area (Å²) < 4.78 is 41.5. The number of ether oxygens (including phenoxy) is 2. The van der Waals surface area contributed by atoms with Crippen LogP contribution in [-0.4, -0.2) is 65.1 Å². The van der Waals surface area contributed by atoms with Gasteiger partial charge >= 0.3 is 0 Å². The first kappa shape index (κ1) is 29.2. The first-order chi connectivity index (χ1) is 20.2. The zero-order chi connectivity index (χ0) is 30.0. The lowest BCUT2D eigenvalue weighted by Crippen LogP contribution is -2.40. The summed E-state index contributed by atoms with van der Waals surface area (Å²) in [5.74, 6) is 1.16. The largest absolute Gasteiger partial charge is 0.497 e. The molecule has 0 saturated carbocycles. The molecule has 2 aromatic carbocycles. The Balaban J connectivity index is 1.54. The van der Waals surface area contributed by atoms with Gasteiger partial charge in [0.1, 0.15) is 22.8 Å². The summed E-state index contributed by atoms with van der Waals surface area (Å²) in [4.78, 5) is 33.3. The number of carbonyl (C=O) groups excluding carboxylic acids is 1. The normalized spacial score (nSPS) is 15.4. The van der Waals surface area contributed by atoms with E-state index in [0.29, 0.717) is 52.4 Å². The number of rotatable bonds is 9. The fraction of sp³-hybridized carbons (Fsp3) is 0.333. The number of H-pyrrole nitrogens is 1. The smallest absolute Gasteiger partial charge is 0.277 e. The van der Waals surface area contributed by atoms with E-state index in [1.54, 1.807) is 38.4 Å². The molecule has 0 spiro atoms. The number of carbonyl (C=O) groups is 1. The second-order valence-corrected chi connectivity index (χ2v) is 11.9. The van der Waals surface area contributed by atoms with E-state index in [9.17, 15) is 18.0 Å². The van der Waals surface area contributed by atoms with Crippen LogP contribution in [-0.2, 0) is 28.3 Å². The zero-order valence-corrected chi connectivity index (χ0v) is 24.8. The van der Waals surface area contributed by atoms with Gasteiger partial charge in [-0.25, -0.2) is 13.4 Å². The molecule has 5 rings (SSSR count). The molecule has 1 saturated heterocycles. The predicted octanol–water partition coefficient (Wildman–Crippen LogP) is 3.73. The van der Waals surface area contributed by atoms with E-state index < -0.39 is 10.0 Å². The van der Waals surface area contributed by atoms with Crippen molar-refractivity contribution in [2.45, 2.75) is 38.0 Å². The van der Waals surface area contributed by atoms with E-state index in [2.05, 4.69) is 10.1 Å². The highest BCUT2D eigenvalue weighted by molar-refractivity contribution is 7.89. The number of aryl methyl sites for hydroxylation is 2. The molecule has 1 N–H and O–H groups in total. The van der Waals surface area contributed by atoms with Gasteiger partial charge in [-0.1, -0.05) is 25.5 Å². The van der Waals surface area contributed by atoms with Gasteiger partial charge in [-0.05, 0) is 55.3 Å². The average Bonchev–Trinajstić information content (AvgIpc) is 3.30. The molecule has 3 heterocycles. The van der Waals surface area contributed by atoms with Gasteiger partial charge in [0, 0.05) is 32.1 Å². The number of Topliss-reactive ketones (excluding diaryl/α,β-unsaturated/α-hetero) is 1. The molecule has 0 atom stereocenters. The van der Waals surface area contributed by atoms with Crippen molar-refractivity contribution in [3.63, 3.8) is 0 Å². The minimum Gasteiger partial charge on any atom is -0.497 e. The van der Waals surface area contributed by atoms with Crippen LogP contribution in [0.15, 0.2) is 57.7 Å². The van der Waals surface area contributed by atoms with Crippen molar-refractivity contribution >= 4 is 32.9 Å². The summed E-state index contributed by atoms with van der Waals surface area (Å²) in [6.45, 7) is 4.15. The van der Waals surface area contributed by atoms with Crippen molar-refractivity contribution in [1.82, 2.24) is 24.1 Å². The Morgan fingerprint density at radius 2 is 1.86 bits per heavy atom. The molecule has 12 heteroatoms. The van der Waals surface area contributed by atoms with Gasteiger partial charge in [0.25, 0.3) is 5.56 Å². The maximum atomic E-state index is 13.9. The number of benzene rings is 2. The summed E-state index contributed by atoms with van der Waals surface area (Å²) in [5, 5.41) is 4.46. The summed E-state index contributed by atoms with van der Waals surface area (Å²) >= 11 is 0. The van der Waals surface area contributed by atoms with Crippen LogP contribution in [0.25, 0.3) is 28.5 Å². The number of hydrogen-bond donors (Lipinski definition) is 1. The Labute approximate surface area is 243 Å². The lowest BCUT2D eigenvalue weighted by atomic mass is 10.0. The number of nitrogens with zero attached hydrogens (tertiary/aromatic N) is 4. The molecule has 0 unspecified atom stereocenters. The SMILES string of the molecule is CCCc1nn(C)c2c(=O)[nH]c(-c3cc(S(=O)(=O)N4CCC(=O)/C(=C/c5ccc(OC)cc5)C4)ccc3OCC)nc12. The minimum absolute atomic E-state index is 0.00168. The summed E-state index contributed by atoms with van der Waals surface area (Å²) in [6, 6.07) is 11.7. The number of aromatic nitrogens is 4. The number of nitrogens with one attached hydrogen (secondary N) is 1. The Hall–Kier alpha value is -4.29. The number of fused-ring (bicyclic) bond motifs is 1. The van der Waals surface area contributed by atoms with E-state index in [0.717, 1.165) is 12.0 Å². The van der Waals surface area contributed by atoms with Crippen molar-refractivity contribution in [2.75, 3.05) is 26.8 Å². The molecular formula is C30H33N5O6S. The monoisotopic (exact) mass is 591 g/mol. The van der Waals surface area contributed by atoms with E-state index in [-0.39, 0.29) is 41.6 Å². The quantitative estimate of drug-likeness (QED) is 0.291. The van der Waals surface area contributed by atoms with Crippen LogP contribution in [0, 0.1) is 0 Å². The number of ketones is 1. The van der Waals surface area contributed by atoms with Crippen LogP contribution < -0.4 is 15.0 Å². The van der Waals surface area contributed by atoms with Crippen molar-refractivity contribution in [3.8, 4) is 22.9 Å². The second kappa shape index (κ2) is 11.9. The fourth-order valence-electron chi connectivity index (χ4n) is 5.04. The Bertz CT molecular complexity index is 1840. The molecule has 1 aliphatic heterocycles. The van der Waals surface area contributed by atoms with Crippen LogP contribution in [0.5, 0.6) is 11.5 Å². The maximum absolute atomic E-state index is 13.9. The van der Waals surface area contributed by atoms with Crippen LogP contribution in [0.3, 0.4) is 0 Å². The number of sulfonamides is 1. The molecule has 11 nitrogen and oxygen atoms in total. The van der Waals surface area contributed by atoms with Gasteiger partial charge in [0.05, 0.1) is 29.9 Å². The molecule has 0 bridgehead atoms. The predicted molar refractivity (Wildman–Crippen MR) is 159 cm³/mol. The minimum atomic E-state index is -4.02. The number of piperidine rings is 1. The first-order valence-corrected chi connectivity index (χ1v) is 15.2. The molecule has 220 valence electrons. The van der Waals surface area contributed by atoms with Crippen molar-refractivity contribution < 1.29 is 22.7 Å². The topological polar surface area (TPSA) is 136 Å². The van der Waals surface area contributed by atoms with Gasteiger partial charge in [-0.3, -0.25) is 14.3 Å². The Morgan fingerprint density at radius 3 is 2.55 bits per heavy atom. The third-order valence-corrected chi connectivity index (χ3v) is 8.98. The molecule has 0 aliphatic carbocycles. The van der Waals surface area contributed by atoms with Crippen LogP contribution in [0.2, 0.25) is 0 Å². The lowest BCUT2D eigenvalue weighted by molar-refractivity contribution is -0.116. The molecule has 1 aliphatic rings. The standard InChI is InChI=1S/C30H33N5O6S/c1-5-7-24-27-28(34(3)33-24)30(37)32-29(31-27)23-17-22(12-13-26(23)41-6-2)42(38,39)35-15-14-25(36)20(18-35)16-19-8-10-21(40-4)11-9-19/h8-13,16-17H,5-7,14-15,18H2,1-4H3,(H,31,32,37)/b20-16+. The van der Waals surface area contributed by atoms with Gasteiger partial charge < -0.3 is 14.5 Å². The Morgan fingerprint density at radius 1 is 1.10 bits per heavy atom. The average molecular weight is 592 g/mol. The van der Waals surface area contributed by atoms with Gasteiger partial charge in [0.2, 0.25) is 10.0 Å². The van der Waals surface area contributed by atoms with Crippen LogP contribution >= 0.6 is 0 Å². The summed E-state index contributed by atoms with van der Waals surface area (Å²) in [7, 11) is -0.757. The molecule has 42 heavy (non-hydrogen) atoms. The molecular weight excluding hydrogens is 558 g/mol. The van der Waals surface area contributed by atoms with E-state index in [4.69, 9.17) is 14.5 Å². The molecule has 4 aromatic rings. The summed E-state index contributed by atoms with van der Waals surface area (Å²) in [6.07, 6.45) is 3.23. The Kier molecular flexibility index (Phi) is 8.28. The van der Waals surface area contributed by atoms with Crippen molar-refractivity contribution in [1.29, 1.82) is 0 Å². The van der Waals surface area contributed by atoms with Crippen molar-refractivity contribution in [3.05, 3.63) is 69.6 Å². The van der Waals surface area contributed by atoms with E-state index in [1.807, 2.05) is 26.0 Å². The summed E-state index contributed by atoms with van der Waals surface area (Å²) in [5.41, 5.74) is 2.63. The first-order valence-electron chi connectivity index (χ1n) is 13.8. The molecule has 2 aromatic heterocycles.